The van der Waals surface area contributed by atoms with E-state index in [1.165, 1.54) is 11.6 Å². The zero-order valence-electron chi connectivity index (χ0n) is 18.7. The van der Waals surface area contributed by atoms with E-state index in [1.807, 2.05) is 24.3 Å². The van der Waals surface area contributed by atoms with Gasteiger partial charge >= 0.3 is 17.7 Å². The van der Waals surface area contributed by atoms with E-state index >= 15 is 0 Å². The number of rotatable bonds is 8. The summed E-state index contributed by atoms with van der Waals surface area (Å²) in [7, 11) is 1.43. The van der Waals surface area contributed by atoms with Gasteiger partial charge in [0.1, 0.15) is 18.5 Å². The second kappa shape index (κ2) is 9.75. The van der Waals surface area contributed by atoms with Crippen molar-refractivity contribution in [1.29, 1.82) is 0 Å². The van der Waals surface area contributed by atoms with Gasteiger partial charge in [0.05, 0.1) is 12.1 Å². The molecule has 0 fully saturated rings. The van der Waals surface area contributed by atoms with Crippen LogP contribution in [0.15, 0.2) is 64.2 Å². The molecule has 176 valence electrons. The first kappa shape index (κ1) is 23.0. The Morgan fingerprint density at radius 1 is 1.12 bits per heavy atom. The van der Waals surface area contributed by atoms with Crippen LogP contribution in [0, 0.1) is 0 Å². The molecule has 2 aromatic heterocycles. The fraction of sp³-hybridized carbons (Fsp3) is 0.250. The minimum Gasteiger partial charge on any atom is -0.491 e. The molecule has 10 nitrogen and oxygen atoms in total. The Labute approximate surface area is 194 Å². The highest BCUT2D eigenvalue weighted by atomic mass is 16.6. The Kier molecular flexibility index (Phi) is 6.60. The Morgan fingerprint density at radius 3 is 2.50 bits per heavy atom. The number of H-pyrrole nitrogens is 1. The van der Waals surface area contributed by atoms with Crippen molar-refractivity contribution >= 4 is 17.1 Å². The number of aryl methyl sites for hydroxylation is 2. The summed E-state index contributed by atoms with van der Waals surface area (Å²) in [4.78, 5) is 43.6. The van der Waals surface area contributed by atoms with Crippen LogP contribution in [0.2, 0.25) is 0 Å². The lowest BCUT2D eigenvalue weighted by molar-refractivity contribution is 0.0684. The number of benzene rings is 2. The van der Waals surface area contributed by atoms with Crippen LogP contribution >= 0.6 is 0 Å². The number of aliphatic hydroxyl groups excluding tert-OH is 1. The standard InChI is InChI=1S/C24H24N4O6/c1-3-15-9-11-18(12-10-15)33-14-17(29)13-28-19-20(27(2)23(32)26-21(19)30)25-24(28)34-22(31)16-7-5-4-6-8-16/h4-12,17,29H,3,13-14H2,1-2H3,(H,26,30,32). The van der Waals surface area contributed by atoms with Gasteiger partial charge in [-0.15, -0.1) is 0 Å². The minimum atomic E-state index is -1.07. The first-order chi connectivity index (χ1) is 16.4. The second-order valence-corrected chi connectivity index (χ2v) is 7.71. The van der Waals surface area contributed by atoms with Crippen LogP contribution in [-0.4, -0.2) is 42.9 Å². The van der Waals surface area contributed by atoms with Gasteiger partial charge in [-0.3, -0.25) is 18.9 Å². The summed E-state index contributed by atoms with van der Waals surface area (Å²) >= 11 is 0. The van der Waals surface area contributed by atoms with Crippen molar-refractivity contribution in [3.8, 4) is 11.8 Å². The molecule has 1 atom stereocenters. The van der Waals surface area contributed by atoms with Crippen molar-refractivity contribution in [2.45, 2.75) is 26.0 Å². The Morgan fingerprint density at radius 2 is 1.82 bits per heavy atom. The molecule has 0 aliphatic carbocycles. The Bertz CT molecular complexity index is 1420. The molecule has 10 heteroatoms. The van der Waals surface area contributed by atoms with E-state index in [-0.39, 0.29) is 35.9 Å². The van der Waals surface area contributed by atoms with Crippen molar-refractivity contribution in [3.63, 3.8) is 0 Å². The molecule has 34 heavy (non-hydrogen) atoms. The van der Waals surface area contributed by atoms with E-state index < -0.39 is 23.3 Å². The lowest BCUT2D eigenvalue weighted by Crippen LogP contribution is -2.30. The highest BCUT2D eigenvalue weighted by Crippen LogP contribution is 2.20. The average Bonchev–Trinajstić information content (AvgIpc) is 3.20. The van der Waals surface area contributed by atoms with E-state index in [9.17, 15) is 19.5 Å². The number of hydrogen-bond acceptors (Lipinski definition) is 7. The van der Waals surface area contributed by atoms with Gasteiger partial charge in [-0.1, -0.05) is 37.3 Å². The normalized spacial score (nSPS) is 12.0. The van der Waals surface area contributed by atoms with Crippen molar-refractivity contribution in [2.75, 3.05) is 6.61 Å². The van der Waals surface area contributed by atoms with Crippen molar-refractivity contribution in [3.05, 3.63) is 86.6 Å². The molecule has 0 saturated heterocycles. The largest absolute Gasteiger partial charge is 0.491 e. The highest BCUT2D eigenvalue weighted by molar-refractivity contribution is 5.91. The quantitative estimate of drug-likeness (QED) is 0.379. The molecule has 0 spiro atoms. The maximum absolute atomic E-state index is 12.6. The zero-order valence-corrected chi connectivity index (χ0v) is 18.7. The molecule has 0 aliphatic rings. The molecule has 0 bridgehead atoms. The molecule has 4 aromatic rings. The van der Waals surface area contributed by atoms with Crippen LogP contribution < -0.4 is 20.7 Å². The topological polar surface area (TPSA) is 128 Å². The fourth-order valence-electron chi connectivity index (χ4n) is 3.46. The summed E-state index contributed by atoms with van der Waals surface area (Å²) in [6.45, 7) is 1.80. The molecular weight excluding hydrogens is 440 g/mol. The van der Waals surface area contributed by atoms with Crippen LogP contribution in [0.1, 0.15) is 22.8 Å². The van der Waals surface area contributed by atoms with Crippen molar-refractivity contribution in [2.24, 2.45) is 7.05 Å². The summed E-state index contributed by atoms with van der Waals surface area (Å²) in [5.41, 5.74) is 0.0754. The van der Waals surface area contributed by atoms with Gasteiger partial charge in [-0.05, 0) is 36.2 Å². The summed E-state index contributed by atoms with van der Waals surface area (Å²) in [6, 6.07) is 15.5. The third-order valence-electron chi connectivity index (χ3n) is 5.33. The van der Waals surface area contributed by atoms with Crippen LogP contribution in [-0.2, 0) is 20.0 Å². The molecule has 1 unspecified atom stereocenters. The van der Waals surface area contributed by atoms with Gasteiger partial charge in [-0.2, -0.15) is 4.98 Å². The predicted molar refractivity (Wildman–Crippen MR) is 124 cm³/mol. The molecule has 0 aliphatic heterocycles. The number of aliphatic hydroxyl groups is 1. The number of aromatic amines is 1. The summed E-state index contributed by atoms with van der Waals surface area (Å²) in [6.07, 6.45) is -0.174. The fourth-order valence-corrected chi connectivity index (χ4v) is 3.46. The van der Waals surface area contributed by atoms with E-state index in [2.05, 4.69) is 16.9 Å². The van der Waals surface area contributed by atoms with Crippen LogP contribution in [0.4, 0.5) is 0 Å². The predicted octanol–water partition coefficient (Wildman–Crippen LogP) is 1.64. The number of hydrogen-bond donors (Lipinski definition) is 2. The SMILES string of the molecule is CCc1ccc(OCC(O)Cn2c(OC(=O)c3ccccc3)nc3c2c(=O)[nH]c(=O)n3C)cc1. The van der Waals surface area contributed by atoms with E-state index in [4.69, 9.17) is 9.47 Å². The number of aromatic nitrogens is 4. The summed E-state index contributed by atoms with van der Waals surface area (Å²) in [5.74, 6) is -0.108. The van der Waals surface area contributed by atoms with Crippen molar-refractivity contribution in [1.82, 2.24) is 19.1 Å². The first-order valence-corrected chi connectivity index (χ1v) is 10.7. The van der Waals surface area contributed by atoms with Gasteiger partial charge in [0, 0.05) is 7.05 Å². The molecule has 0 saturated carbocycles. The van der Waals surface area contributed by atoms with Crippen molar-refractivity contribution < 1.29 is 19.4 Å². The van der Waals surface area contributed by atoms with Gasteiger partial charge in [0.2, 0.25) is 0 Å². The van der Waals surface area contributed by atoms with E-state index in [0.717, 1.165) is 16.6 Å². The zero-order chi connectivity index (χ0) is 24.2. The molecular formula is C24H24N4O6. The molecule has 2 heterocycles. The molecule has 4 rings (SSSR count). The molecule has 0 amide bonds. The molecule has 2 aromatic carbocycles. The number of ether oxygens (including phenoxy) is 2. The lowest BCUT2D eigenvalue weighted by Gasteiger charge is -2.15. The number of carbonyl (C=O) groups excluding carboxylic acids is 1. The Hall–Kier alpha value is -4.18. The number of carbonyl (C=O) groups is 1. The van der Waals surface area contributed by atoms with Gasteiger partial charge in [0.15, 0.2) is 11.2 Å². The minimum absolute atomic E-state index is 0.00990. The summed E-state index contributed by atoms with van der Waals surface area (Å²) in [5, 5.41) is 10.6. The monoisotopic (exact) mass is 464 g/mol. The first-order valence-electron chi connectivity index (χ1n) is 10.7. The maximum Gasteiger partial charge on any atom is 0.345 e. The number of nitrogens with one attached hydrogen (secondary N) is 1. The average molecular weight is 464 g/mol. The number of fused-ring (bicyclic) bond motifs is 1. The number of imidazole rings is 1. The van der Waals surface area contributed by atoms with Gasteiger partial charge in [0.25, 0.3) is 5.56 Å². The van der Waals surface area contributed by atoms with E-state index in [1.54, 1.807) is 30.3 Å². The lowest BCUT2D eigenvalue weighted by atomic mass is 10.2. The number of nitrogens with zero attached hydrogens (tertiary/aromatic N) is 3. The van der Waals surface area contributed by atoms with Gasteiger partial charge in [-0.25, -0.2) is 9.59 Å². The molecule has 0 radical (unpaired) electrons. The highest BCUT2D eigenvalue weighted by Gasteiger charge is 2.23. The van der Waals surface area contributed by atoms with Crippen LogP contribution in [0.25, 0.3) is 11.2 Å². The van der Waals surface area contributed by atoms with Gasteiger partial charge < -0.3 is 14.6 Å². The van der Waals surface area contributed by atoms with Crippen LogP contribution in [0.5, 0.6) is 11.8 Å². The van der Waals surface area contributed by atoms with Crippen LogP contribution in [0.3, 0.4) is 0 Å². The molecule has 2 N–H and O–H groups in total. The smallest absolute Gasteiger partial charge is 0.345 e. The number of esters is 1. The Balaban J connectivity index is 1.63. The maximum atomic E-state index is 12.6. The third kappa shape index (κ3) is 4.76. The second-order valence-electron chi connectivity index (χ2n) is 7.71. The van der Waals surface area contributed by atoms with E-state index in [0.29, 0.717) is 5.75 Å². The third-order valence-corrected chi connectivity index (χ3v) is 5.33. The summed E-state index contributed by atoms with van der Waals surface area (Å²) < 4.78 is 13.5.